The molecule has 0 aliphatic rings. The van der Waals surface area contributed by atoms with Gasteiger partial charge in [0.25, 0.3) is 0 Å². The van der Waals surface area contributed by atoms with Gasteiger partial charge in [0.2, 0.25) is 0 Å². The number of benzene rings is 1. The monoisotopic (exact) mass is 296 g/mol. The fourth-order valence-electron chi connectivity index (χ4n) is 2.13. The minimum Gasteiger partial charge on any atom is -0.357 e. The molecule has 0 spiro atoms. The molecule has 0 amide bonds. The molecule has 22 heavy (non-hydrogen) atoms. The number of nitrogens with zero attached hydrogens (tertiary/aromatic N) is 2. The van der Waals surface area contributed by atoms with Crippen LogP contribution in [0, 0.1) is 0 Å². The van der Waals surface area contributed by atoms with Gasteiger partial charge in [-0.3, -0.25) is 4.98 Å². The molecule has 1 aromatic heterocycles. The molecule has 0 saturated carbocycles. The third-order valence-corrected chi connectivity index (χ3v) is 3.08. The largest absolute Gasteiger partial charge is 0.357 e. The van der Waals surface area contributed by atoms with E-state index in [1.165, 1.54) is 5.56 Å². The first-order chi connectivity index (χ1) is 10.7. The first-order valence-corrected chi connectivity index (χ1v) is 7.74. The van der Waals surface area contributed by atoms with Crippen LogP contribution in [0.2, 0.25) is 0 Å². The molecule has 2 rings (SSSR count). The van der Waals surface area contributed by atoms with E-state index in [9.17, 15) is 0 Å². The van der Waals surface area contributed by atoms with Gasteiger partial charge in [0.15, 0.2) is 5.96 Å². The van der Waals surface area contributed by atoms with E-state index in [-0.39, 0.29) is 0 Å². The van der Waals surface area contributed by atoms with Crippen LogP contribution in [0.15, 0.2) is 53.7 Å². The topological polar surface area (TPSA) is 49.3 Å². The smallest absolute Gasteiger partial charge is 0.191 e. The zero-order chi connectivity index (χ0) is 15.8. The van der Waals surface area contributed by atoms with Gasteiger partial charge in [-0.05, 0) is 44.5 Å². The average molecular weight is 296 g/mol. The number of guanidine groups is 1. The summed E-state index contributed by atoms with van der Waals surface area (Å²) in [5.74, 6) is 0.848. The Morgan fingerprint density at radius 3 is 2.73 bits per heavy atom. The highest BCUT2D eigenvalue weighted by Crippen LogP contribution is 2.18. The Labute approximate surface area is 132 Å². The number of hydrogen-bond acceptors (Lipinski definition) is 2. The van der Waals surface area contributed by atoms with Crippen LogP contribution in [0.4, 0.5) is 0 Å². The number of aromatic nitrogens is 1. The Morgan fingerprint density at radius 2 is 2.05 bits per heavy atom. The van der Waals surface area contributed by atoms with Crippen molar-refractivity contribution in [2.24, 2.45) is 4.99 Å². The van der Waals surface area contributed by atoms with Gasteiger partial charge >= 0.3 is 0 Å². The molecule has 4 heteroatoms. The molecule has 0 bridgehead atoms. The van der Waals surface area contributed by atoms with Crippen LogP contribution in [-0.2, 0) is 6.54 Å². The second kappa shape index (κ2) is 8.17. The summed E-state index contributed by atoms with van der Waals surface area (Å²) >= 11 is 0. The van der Waals surface area contributed by atoms with Gasteiger partial charge in [-0.1, -0.05) is 24.3 Å². The summed E-state index contributed by atoms with van der Waals surface area (Å²) in [5.41, 5.74) is 3.28. The molecule has 0 unspecified atom stereocenters. The quantitative estimate of drug-likeness (QED) is 0.658. The third kappa shape index (κ3) is 4.88. The second-order valence-electron chi connectivity index (χ2n) is 5.41. The van der Waals surface area contributed by atoms with Crippen molar-refractivity contribution in [2.45, 2.75) is 33.4 Å². The first-order valence-electron chi connectivity index (χ1n) is 7.74. The zero-order valence-electron chi connectivity index (χ0n) is 13.5. The van der Waals surface area contributed by atoms with Crippen molar-refractivity contribution in [1.82, 2.24) is 15.6 Å². The highest BCUT2D eigenvalue weighted by atomic mass is 15.2. The van der Waals surface area contributed by atoms with Gasteiger partial charge in [-0.15, -0.1) is 0 Å². The lowest BCUT2D eigenvalue weighted by Gasteiger charge is -2.14. The molecule has 0 aliphatic heterocycles. The Balaban J connectivity index is 2.12. The molecule has 0 fully saturated rings. The Hall–Kier alpha value is -2.36. The lowest BCUT2D eigenvalue weighted by Crippen LogP contribution is -2.40. The van der Waals surface area contributed by atoms with Crippen molar-refractivity contribution < 1.29 is 0 Å². The van der Waals surface area contributed by atoms with Crippen LogP contribution in [0.3, 0.4) is 0 Å². The average Bonchev–Trinajstić information content (AvgIpc) is 2.53. The van der Waals surface area contributed by atoms with Gasteiger partial charge in [0.05, 0.1) is 12.2 Å². The Bertz CT molecular complexity index is 605. The molecule has 0 radical (unpaired) electrons. The highest BCUT2D eigenvalue weighted by Gasteiger charge is 2.02. The molecule has 2 N–H and O–H groups in total. The zero-order valence-corrected chi connectivity index (χ0v) is 13.5. The van der Waals surface area contributed by atoms with E-state index in [0.29, 0.717) is 12.6 Å². The number of pyridine rings is 1. The van der Waals surface area contributed by atoms with Crippen LogP contribution in [0.1, 0.15) is 26.3 Å². The van der Waals surface area contributed by atoms with Gasteiger partial charge in [-0.25, -0.2) is 4.99 Å². The molecule has 0 atom stereocenters. The molecule has 116 valence electrons. The van der Waals surface area contributed by atoms with E-state index in [1.54, 1.807) is 0 Å². The van der Waals surface area contributed by atoms with Crippen molar-refractivity contribution in [3.8, 4) is 11.3 Å². The van der Waals surface area contributed by atoms with E-state index in [0.717, 1.165) is 23.8 Å². The van der Waals surface area contributed by atoms with Crippen molar-refractivity contribution in [2.75, 3.05) is 6.54 Å². The normalized spacial score (nSPS) is 11.5. The first kappa shape index (κ1) is 16.0. The Morgan fingerprint density at radius 1 is 1.18 bits per heavy atom. The van der Waals surface area contributed by atoms with E-state index >= 15 is 0 Å². The van der Waals surface area contributed by atoms with Crippen LogP contribution in [-0.4, -0.2) is 23.5 Å². The summed E-state index contributed by atoms with van der Waals surface area (Å²) in [4.78, 5) is 9.03. The van der Waals surface area contributed by atoms with E-state index in [2.05, 4.69) is 65.6 Å². The van der Waals surface area contributed by atoms with Crippen molar-refractivity contribution in [1.29, 1.82) is 0 Å². The standard InChI is InChI=1S/C18H24N4/c1-4-19-18(22-14(2)3)21-13-15-8-7-9-16(12-15)17-10-5-6-11-20-17/h5-12,14H,4,13H2,1-3H3,(H2,19,21,22). The van der Waals surface area contributed by atoms with E-state index in [4.69, 9.17) is 0 Å². The maximum Gasteiger partial charge on any atom is 0.191 e. The maximum atomic E-state index is 4.63. The summed E-state index contributed by atoms with van der Waals surface area (Å²) in [5, 5.41) is 6.58. The summed E-state index contributed by atoms with van der Waals surface area (Å²) in [6.45, 7) is 7.78. The second-order valence-corrected chi connectivity index (χ2v) is 5.41. The Kier molecular flexibility index (Phi) is 5.95. The molecule has 1 heterocycles. The van der Waals surface area contributed by atoms with Crippen LogP contribution < -0.4 is 10.6 Å². The summed E-state index contributed by atoms with van der Waals surface area (Å²) in [6, 6.07) is 14.7. The SMILES string of the molecule is CCNC(=NCc1cccc(-c2ccccn2)c1)NC(C)C. The minimum absolute atomic E-state index is 0.359. The van der Waals surface area contributed by atoms with Crippen LogP contribution in [0.25, 0.3) is 11.3 Å². The molecule has 0 aliphatic carbocycles. The fraction of sp³-hybridized carbons (Fsp3) is 0.333. The number of nitrogens with one attached hydrogen (secondary N) is 2. The molecule has 0 saturated heterocycles. The summed E-state index contributed by atoms with van der Waals surface area (Å²) in [6.07, 6.45) is 1.82. The van der Waals surface area contributed by atoms with Gasteiger partial charge in [-0.2, -0.15) is 0 Å². The lowest BCUT2D eigenvalue weighted by atomic mass is 10.1. The summed E-state index contributed by atoms with van der Waals surface area (Å²) < 4.78 is 0. The van der Waals surface area contributed by atoms with Crippen molar-refractivity contribution >= 4 is 5.96 Å². The molecule has 4 nitrogen and oxygen atoms in total. The lowest BCUT2D eigenvalue weighted by molar-refractivity contribution is 0.700. The molecule has 2 aromatic rings. The van der Waals surface area contributed by atoms with Gasteiger partial charge in [0.1, 0.15) is 0 Å². The van der Waals surface area contributed by atoms with Crippen LogP contribution >= 0.6 is 0 Å². The molecule has 1 aromatic carbocycles. The molecular formula is C18H24N4. The van der Waals surface area contributed by atoms with E-state index in [1.807, 2.05) is 24.4 Å². The van der Waals surface area contributed by atoms with Gasteiger partial charge < -0.3 is 10.6 Å². The third-order valence-electron chi connectivity index (χ3n) is 3.08. The fourth-order valence-corrected chi connectivity index (χ4v) is 2.13. The van der Waals surface area contributed by atoms with Crippen molar-refractivity contribution in [3.05, 3.63) is 54.2 Å². The van der Waals surface area contributed by atoms with E-state index < -0.39 is 0 Å². The predicted octanol–water partition coefficient (Wildman–Crippen LogP) is 3.21. The number of hydrogen-bond donors (Lipinski definition) is 2. The minimum atomic E-state index is 0.359. The molecular weight excluding hydrogens is 272 g/mol. The predicted molar refractivity (Wildman–Crippen MR) is 92.8 cm³/mol. The maximum absolute atomic E-state index is 4.63. The van der Waals surface area contributed by atoms with Crippen molar-refractivity contribution in [3.63, 3.8) is 0 Å². The number of rotatable bonds is 5. The van der Waals surface area contributed by atoms with Gasteiger partial charge in [0, 0.05) is 24.3 Å². The highest BCUT2D eigenvalue weighted by molar-refractivity contribution is 5.80. The number of aliphatic imine (C=N–C) groups is 1. The summed E-state index contributed by atoms with van der Waals surface area (Å²) in [7, 11) is 0. The van der Waals surface area contributed by atoms with Crippen LogP contribution in [0.5, 0.6) is 0 Å².